The minimum Gasteiger partial charge on any atom is -0.466 e. The van der Waals surface area contributed by atoms with Crippen LogP contribution in [0.4, 0.5) is 5.69 Å². The van der Waals surface area contributed by atoms with Gasteiger partial charge in [0.1, 0.15) is 0 Å². The van der Waals surface area contributed by atoms with Crippen molar-refractivity contribution in [2.45, 2.75) is 6.92 Å². The summed E-state index contributed by atoms with van der Waals surface area (Å²) in [6.45, 7) is 1.88. The van der Waals surface area contributed by atoms with Gasteiger partial charge in [0.15, 0.2) is 0 Å². The third-order valence-electron chi connectivity index (χ3n) is 2.16. The quantitative estimate of drug-likeness (QED) is 0.608. The summed E-state index contributed by atoms with van der Waals surface area (Å²) >= 11 is 0. The number of methoxy groups -OCH3 is 1. The molecule has 0 aliphatic heterocycles. The van der Waals surface area contributed by atoms with Crippen molar-refractivity contribution in [3.63, 3.8) is 0 Å². The molecule has 0 aliphatic rings. The van der Waals surface area contributed by atoms with Crippen LogP contribution >= 0.6 is 0 Å². The van der Waals surface area contributed by atoms with Crippen LogP contribution in [0.2, 0.25) is 0 Å². The van der Waals surface area contributed by atoms with E-state index in [4.69, 9.17) is 0 Å². The van der Waals surface area contributed by atoms with E-state index in [-0.39, 0.29) is 5.97 Å². The first kappa shape index (κ1) is 11.3. The van der Waals surface area contributed by atoms with Crippen LogP contribution in [0.5, 0.6) is 0 Å². The zero-order valence-electron chi connectivity index (χ0n) is 9.20. The zero-order chi connectivity index (χ0) is 11.3. The monoisotopic (exact) mass is 205 g/mol. The van der Waals surface area contributed by atoms with Gasteiger partial charge in [0.05, 0.1) is 7.11 Å². The lowest BCUT2D eigenvalue weighted by Crippen LogP contribution is -1.95. The molecule has 1 N–H and O–H groups in total. The first-order valence-corrected chi connectivity index (χ1v) is 4.72. The van der Waals surface area contributed by atoms with Crippen molar-refractivity contribution in [2.24, 2.45) is 0 Å². The van der Waals surface area contributed by atoms with Gasteiger partial charge in [-0.05, 0) is 30.2 Å². The SMILES string of the molecule is CNc1ccc(/C(C)=C\C(=O)OC)cc1. The third-order valence-corrected chi connectivity index (χ3v) is 2.16. The van der Waals surface area contributed by atoms with E-state index in [1.54, 1.807) is 0 Å². The molecular formula is C12H15NO2. The number of carbonyl (C=O) groups is 1. The summed E-state index contributed by atoms with van der Waals surface area (Å²) in [5.41, 5.74) is 2.95. The van der Waals surface area contributed by atoms with Gasteiger partial charge < -0.3 is 10.1 Å². The number of rotatable bonds is 3. The Morgan fingerprint density at radius 1 is 1.33 bits per heavy atom. The molecule has 3 heteroatoms. The Morgan fingerprint density at radius 2 is 1.93 bits per heavy atom. The number of benzene rings is 1. The van der Waals surface area contributed by atoms with Crippen molar-refractivity contribution >= 4 is 17.2 Å². The van der Waals surface area contributed by atoms with Crippen molar-refractivity contribution in [3.8, 4) is 0 Å². The Bertz CT molecular complexity index is 366. The number of nitrogens with one attached hydrogen (secondary N) is 1. The van der Waals surface area contributed by atoms with Gasteiger partial charge in [-0.3, -0.25) is 0 Å². The molecule has 0 spiro atoms. The van der Waals surface area contributed by atoms with Gasteiger partial charge in [-0.1, -0.05) is 12.1 Å². The van der Waals surface area contributed by atoms with Crippen LogP contribution < -0.4 is 5.32 Å². The summed E-state index contributed by atoms with van der Waals surface area (Å²) in [6, 6.07) is 7.84. The minimum atomic E-state index is -0.329. The fourth-order valence-corrected chi connectivity index (χ4v) is 1.22. The number of esters is 1. The Kier molecular flexibility index (Phi) is 3.92. The molecule has 0 aromatic heterocycles. The topological polar surface area (TPSA) is 38.3 Å². The lowest BCUT2D eigenvalue weighted by atomic mass is 10.1. The molecule has 0 aliphatic carbocycles. The average Bonchev–Trinajstić information content (AvgIpc) is 2.29. The van der Waals surface area contributed by atoms with Gasteiger partial charge in [0.2, 0.25) is 0 Å². The molecule has 0 unspecified atom stereocenters. The largest absolute Gasteiger partial charge is 0.466 e. The molecular weight excluding hydrogens is 190 g/mol. The predicted molar refractivity (Wildman–Crippen MR) is 61.7 cm³/mol. The number of hydrogen-bond acceptors (Lipinski definition) is 3. The molecule has 1 aromatic rings. The molecule has 0 radical (unpaired) electrons. The Labute approximate surface area is 89.8 Å². The van der Waals surface area contributed by atoms with Crippen LogP contribution in [0.25, 0.3) is 5.57 Å². The van der Waals surface area contributed by atoms with Crippen LogP contribution in [0, 0.1) is 0 Å². The van der Waals surface area contributed by atoms with Crippen LogP contribution in [0.1, 0.15) is 12.5 Å². The number of hydrogen-bond donors (Lipinski definition) is 1. The first-order valence-electron chi connectivity index (χ1n) is 4.72. The minimum absolute atomic E-state index is 0.329. The van der Waals surface area contributed by atoms with Crippen molar-refractivity contribution in [3.05, 3.63) is 35.9 Å². The highest BCUT2D eigenvalue weighted by atomic mass is 16.5. The summed E-state index contributed by atoms with van der Waals surface area (Å²) in [7, 11) is 3.24. The highest BCUT2D eigenvalue weighted by Crippen LogP contribution is 2.16. The highest BCUT2D eigenvalue weighted by molar-refractivity contribution is 5.90. The van der Waals surface area contributed by atoms with E-state index in [9.17, 15) is 4.79 Å². The van der Waals surface area contributed by atoms with Crippen molar-refractivity contribution in [2.75, 3.05) is 19.5 Å². The van der Waals surface area contributed by atoms with Crippen LogP contribution in [0.15, 0.2) is 30.3 Å². The summed E-state index contributed by atoms with van der Waals surface area (Å²) in [5.74, 6) is -0.329. The Hall–Kier alpha value is -1.77. The summed E-state index contributed by atoms with van der Waals surface area (Å²) in [4.78, 5) is 11.0. The summed E-state index contributed by atoms with van der Waals surface area (Å²) in [5, 5.41) is 3.03. The van der Waals surface area contributed by atoms with Gasteiger partial charge in [-0.25, -0.2) is 4.79 Å². The third kappa shape index (κ3) is 3.13. The molecule has 0 bridgehead atoms. The van der Waals surface area contributed by atoms with E-state index in [2.05, 4.69) is 10.1 Å². The Morgan fingerprint density at radius 3 is 2.40 bits per heavy atom. The molecule has 3 nitrogen and oxygen atoms in total. The molecule has 1 rings (SSSR count). The van der Waals surface area contributed by atoms with Crippen molar-refractivity contribution in [1.82, 2.24) is 0 Å². The van der Waals surface area contributed by atoms with Gasteiger partial charge in [0, 0.05) is 18.8 Å². The molecule has 0 amide bonds. The lowest BCUT2D eigenvalue weighted by Gasteiger charge is -2.03. The number of allylic oxidation sites excluding steroid dienone is 1. The van der Waals surface area contributed by atoms with Crippen LogP contribution in [-0.2, 0) is 9.53 Å². The van der Waals surface area contributed by atoms with E-state index in [0.29, 0.717) is 0 Å². The Balaban J connectivity index is 2.87. The number of anilines is 1. The zero-order valence-corrected chi connectivity index (χ0v) is 9.20. The number of ether oxygens (including phenoxy) is 1. The van der Waals surface area contributed by atoms with Gasteiger partial charge in [-0.15, -0.1) is 0 Å². The van der Waals surface area contributed by atoms with Crippen LogP contribution in [-0.4, -0.2) is 20.1 Å². The summed E-state index contributed by atoms with van der Waals surface area (Å²) < 4.78 is 4.56. The fourth-order valence-electron chi connectivity index (χ4n) is 1.22. The van der Waals surface area contributed by atoms with E-state index in [0.717, 1.165) is 16.8 Å². The van der Waals surface area contributed by atoms with Crippen molar-refractivity contribution < 1.29 is 9.53 Å². The standard InChI is InChI=1S/C12H15NO2/c1-9(8-12(14)15-3)10-4-6-11(13-2)7-5-10/h4-8,13H,1-3H3/b9-8-. The molecule has 80 valence electrons. The lowest BCUT2D eigenvalue weighted by molar-refractivity contribution is -0.134. The van der Waals surface area contributed by atoms with E-state index < -0.39 is 0 Å². The average molecular weight is 205 g/mol. The maximum atomic E-state index is 11.0. The maximum absolute atomic E-state index is 11.0. The number of carbonyl (C=O) groups excluding carboxylic acids is 1. The smallest absolute Gasteiger partial charge is 0.330 e. The second kappa shape index (κ2) is 5.20. The van der Waals surface area contributed by atoms with E-state index in [1.807, 2.05) is 38.2 Å². The maximum Gasteiger partial charge on any atom is 0.330 e. The molecule has 1 aromatic carbocycles. The first-order chi connectivity index (χ1) is 7.17. The second-order valence-electron chi connectivity index (χ2n) is 3.18. The molecule has 0 atom stereocenters. The van der Waals surface area contributed by atoms with Gasteiger partial charge >= 0.3 is 5.97 Å². The highest BCUT2D eigenvalue weighted by Gasteiger charge is 1.99. The predicted octanol–water partition coefficient (Wildman–Crippen LogP) is 2.30. The van der Waals surface area contributed by atoms with Crippen molar-refractivity contribution in [1.29, 1.82) is 0 Å². The molecule has 0 heterocycles. The fraction of sp³-hybridized carbons (Fsp3) is 0.250. The molecule has 0 saturated carbocycles. The van der Waals surface area contributed by atoms with Gasteiger partial charge in [-0.2, -0.15) is 0 Å². The molecule has 0 fully saturated rings. The molecule has 0 saturated heterocycles. The molecule has 15 heavy (non-hydrogen) atoms. The normalized spacial score (nSPS) is 11.0. The second-order valence-corrected chi connectivity index (χ2v) is 3.18. The van der Waals surface area contributed by atoms with Crippen LogP contribution in [0.3, 0.4) is 0 Å². The van der Waals surface area contributed by atoms with E-state index >= 15 is 0 Å². The van der Waals surface area contributed by atoms with E-state index in [1.165, 1.54) is 13.2 Å². The van der Waals surface area contributed by atoms with Gasteiger partial charge in [0.25, 0.3) is 0 Å². The summed E-state index contributed by atoms with van der Waals surface area (Å²) in [6.07, 6.45) is 1.48.